The predicted molar refractivity (Wildman–Crippen MR) is 94.9 cm³/mol. The monoisotopic (exact) mass is 363 g/mol. The van der Waals surface area contributed by atoms with Gasteiger partial charge in [-0.25, -0.2) is 4.79 Å². The van der Waals surface area contributed by atoms with Crippen LogP contribution in [0.2, 0.25) is 0 Å². The number of hydrogen-bond acceptors (Lipinski definition) is 4. The zero-order valence-electron chi connectivity index (χ0n) is 15.1. The van der Waals surface area contributed by atoms with Crippen LogP contribution in [-0.4, -0.2) is 72.1 Å². The molecule has 0 aromatic heterocycles. The molecule has 2 rings (SSSR count). The van der Waals surface area contributed by atoms with Crippen molar-refractivity contribution in [1.29, 1.82) is 0 Å². The molecule has 0 radical (unpaired) electrons. The SMILES string of the molecule is CC(CN(C)C(=O)NC1CCN(C(=O)COc2ccccc2)C1)C(=O)O. The minimum absolute atomic E-state index is 0.0410. The highest BCUT2D eigenvalue weighted by molar-refractivity contribution is 5.79. The van der Waals surface area contributed by atoms with Gasteiger partial charge in [-0.3, -0.25) is 9.59 Å². The van der Waals surface area contributed by atoms with E-state index in [-0.39, 0.29) is 31.1 Å². The largest absolute Gasteiger partial charge is 0.484 e. The Bertz CT molecular complexity index is 637. The van der Waals surface area contributed by atoms with Gasteiger partial charge in [-0.1, -0.05) is 25.1 Å². The van der Waals surface area contributed by atoms with E-state index in [1.165, 1.54) is 4.90 Å². The van der Waals surface area contributed by atoms with E-state index in [0.717, 1.165) is 0 Å². The van der Waals surface area contributed by atoms with Gasteiger partial charge in [0.2, 0.25) is 0 Å². The Morgan fingerprint density at radius 1 is 1.35 bits per heavy atom. The van der Waals surface area contributed by atoms with Crippen LogP contribution in [0.4, 0.5) is 4.79 Å². The number of urea groups is 1. The van der Waals surface area contributed by atoms with E-state index in [1.54, 1.807) is 31.0 Å². The van der Waals surface area contributed by atoms with Gasteiger partial charge < -0.3 is 25.0 Å². The van der Waals surface area contributed by atoms with Crippen molar-refractivity contribution < 1.29 is 24.2 Å². The second kappa shape index (κ2) is 9.07. The van der Waals surface area contributed by atoms with Crippen LogP contribution in [0.15, 0.2) is 30.3 Å². The molecule has 1 aromatic rings. The van der Waals surface area contributed by atoms with E-state index in [1.807, 2.05) is 18.2 Å². The van der Waals surface area contributed by atoms with Crippen molar-refractivity contribution in [2.75, 3.05) is 33.3 Å². The minimum Gasteiger partial charge on any atom is -0.484 e. The smallest absolute Gasteiger partial charge is 0.317 e. The number of amides is 3. The zero-order chi connectivity index (χ0) is 19.1. The third-order valence-corrected chi connectivity index (χ3v) is 4.29. The Kier molecular flexibility index (Phi) is 6.82. The summed E-state index contributed by atoms with van der Waals surface area (Å²) in [7, 11) is 1.56. The number of carbonyl (C=O) groups excluding carboxylic acids is 2. The van der Waals surface area contributed by atoms with Crippen molar-refractivity contribution in [3.05, 3.63) is 30.3 Å². The average molecular weight is 363 g/mol. The molecule has 1 aromatic carbocycles. The van der Waals surface area contributed by atoms with E-state index < -0.39 is 11.9 Å². The molecule has 26 heavy (non-hydrogen) atoms. The molecule has 1 aliphatic rings. The standard InChI is InChI=1S/C18H25N3O5/c1-13(17(23)24)10-20(2)18(25)19-14-8-9-21(11-14)16(22)12-26-15-6-4-3-5-7-15/h3-7,13-14H,8-12H2,1-2H3,(H,19,25)(H,23,24). The lowest BCUT2D eigenvalue weighted by Gasteiger charge is -2.23. The van der Waals surface area contributed by atoms with Crippen LogP contribution in [0, 0.1) is 5.92 Å². The molecule has 1 aliphatic heterocycles. The fourth-order valence-corrected chi connectivity index (χ4v) is 2.71. The van der Waals surface area contributed by atoms with Gasteiger partial charge in [0.15, 0.2) is 6.61 Å². The first kappa shape index (κ1) is 19.6. The maximum Gasteiger partial charge on any atom is 0.317 e. The molecule has 0 saturated carbocycles. The number of benzene rings is 1. The molecule has 1 saturated heterocycles. The molecule has 1 heterocycles. The van der Waals surface area contributed by atoms with E-state index in [4.69, 9.17) is 9.84 Å². The fraction of sp³-hybridized carbons (Fsp3) is 0.500. The Balaban J connectivity index is 1.74. The first-order valence-electron chi connectivity index (χ1n) is 8.57. The highest BCUT2D eigenvalue weighted by Gasteiger charge is 2.28. The first-order valence-corrected chi connectivity index (χ1v) is 8.57. The molecule has 2 atom stereocenters. The van der Waals surface area contributed by atoms with Crippen molar-refractivity contribution in [3.8, 4) is 5.75 Å². The normalized spacial score (nSPS) is 17.5. The Hall–Kier alpha value is -2.77. The molecule has 0 aliphatic carbocycles. The predicted octanol–water partition coefficient (Wildman–Crippen LogP) is 1.03. The number of likely N-dealkylation sites (tertiary alicyclic amines) is 1. The van der Waals surface area contributed by atoms with Crippen molar-refractivity contribution in [3.63, 3.8) is 0 Å². The number of aliphatic carboxylic acids is 1. The van der Waals surface area contributed by atoms with Gasteiger partial charge in [0, 0.05) is 32.7 Å². The fourth-order valence-electron chi connectivity index (χ4n) is 2.71. The van der Waals surface area contributed by atoms with Gasteiger partial charge in [-0.2, -0.15) is 0 Å². The average Bonchev–Trinajstić information content (AvgIpc) is 3.08. The summed E-state index contributed by atoms with van der Waals surface area (Å²) in [5.74, 6) is -1.07. The molecule has 8 heteroatoms. The van der Waals surface area contributed by atoms with E-state index >= 15 is 0 Å². The topological polar surface area (TPSA) is 99.2 Å². The molecular weight excluding hydrogens is 338 g/mol. The summed E-state index contributed by atoms with van der Waals surface area (Å²) in [6.07, 6.45) is 0.658. The molecular formula is C18H25N3O5. The molecule has 3 amide bonds. The lowest BCUT2D eigenvalue weighted by atomic mass is 10.2. The molecule has 8 nitrogen and oxygen atoms in total. The van der Waals surface area contributed by atoms with Crippen molar-refractivity contribution in [2.24, 2.45) is 5.92 Å². The quantitative estimate of drug-likeness (QED) is 0.754. The van der Waals surface area contributed by atoms with Crippen LogP contribution < -0.4 is 10.1 Å². The minimum atomic E-state index is -0.944. The van der Waals surface area contributed by atoms with Crippen LogP contribution >= 0.6 is 0 Å². The summed E-state index contributed by atoms with van der Waals surface area (Å²) in [6, 6.07) is 8.63. The summed E-state index contributed by atoms with van der Waals surface area (Å²) in [4.78, 5) is 38.2. The number of para-hydroxylation sites is 1. The van der Waals surface area contributed by atoms with Crippen LogP contribution in [0.5, 0.6) is 5.75 Å². The maximum atomic E-state index is 12.2. The lowest BCUT2D eigenvalue weighted by Crippen LogP contribution is -2.46. The number of nitrogens with one attached hydrogen (secondary N) is 1. The summed E-state index contributed by atoms with van der Waals surface area (Å²) in [6.45, 7) is 2.61. The van der Waals surface area contributed by atoms with Gasteiger partial charge in [0.05, 0.1) is 5.92 Å². The summed E-state index contributed by atoms with van der Waals surface area (Å²) in [5.41, 5.74) is 0. The molecule has 142 valence electrons. The Morgan fingerprint density at radius 3 is 2.69 bits per heavy atom. The van der Waals surface area contributed by atoms with Crippen LogP contribution in [0.25, 0.3) is 0 Å². The maximum absolute atomic E-state index is 12.2. The van der Waals surface area contributed by atoms with Gasteiger partial charge in [0.25, 0.3) is 5.91 Å². The number of carboxylic acids is 1. The number of ether oxygens (including phenoxy) is 1. The Labute approximate surface area is 152 Å². The van der Waals surface area contributed by atoms with Crippen LogP contribution in [0.3, 0.4) is 0 Å². The summed E-state index contributed by atoms with van der Waals surface area (Å²) in [5, 5.41) is 11.8. The van der Waals surface area contributed by atoms with Gasteiger partial charge in [-0.05, 0) is 18.6 Å². The van der Waals surface area contributed by atoms with Crippen LogP contribution in [0.1, 0.15) is 13.3 Å². The Morgan fingerprint density at radius 2 is 2.04 bits per heavy atom. The first-order chi connectivity index (χ1) is 12.4. The molecule has 2 unspecified atom stereocenters. The number of nitrogens with zero attached hydrogens (tertiary/aromatic N) is 2. The second-order valence-corrected chi connectivity index (χ2v) is 6.50. The van der Waals surface area contributed by atoms with E-state index in [9.17, 15) is 14.4 Å². The zero-order valence-corrected chi connectivity index (χ0v) is 15.1. The molecule has 2 N–H and O–H groups in total. The lowest BCUT2D eigenvalue weighted by molar-refractivity contribution is -0.141. The third-order valence-electron chi connectivity index (χ3n) is 4.29. The van der Waals surface area contributed by atoms with Gasteiger partial charge in [-0.15, -0.1) is 0 Å². The highest BCUT2D eigenvalue weighted by atomic mass is 16.5. The molecule has 0 bridgehead atoms. The summed E-state index contributed by atoms with van der Waals surface area (Å²) < 4.78 is 5.46. The van der Waals surface area contributed by atoms with E-state index in [0.29, 0.717) is 25.3 Å². The number of carbonyl (C=O) groups is 3. The van der Waals surface area contributed by atoms with Crippen molar-refractivity contribution in [2.45, 2.75) is 19.4 Å². The van der Waals surface area contributed by atoms with Crippen molar-refractivity contribution >= 4 is 17.9 Å². The van der Waals surface area contributed by atoms with Gasteiger partial charge in [0.1, 0.15) is 5.75 Å². The highest BCUT2D eigenvalue weighted by Crippen LogP contribution is 2.12. The molecule has 1 fully saturated rings. The number of rotatable bonds is 7. The third kappa shape index (κ3) is 5.65. The van der Waals surface area contributed by atoms with Crippen LogP contribution in [-0.2, 0) is 9.59 Å². The van der Waals surface area contributed by atoms with E-state index in [2.05, 4.69) is 5.32 Å². The number of hydrogen-bond donors (Lipinski definition) is 2. The van der Waals surface area contributed by atoms with Gasteiger partial charge >= 0.3 is 12.0 Å². The second-order valence-electron chi connectivity index (χ2n) is 6.50. The number of carboxylic acid groups (broad SMARTS) is 1. The summed E-state index contributed by atoms with van der Waals surface area (Å²) >= 11 is 0. The van der Waals surface area contributed by atoms with Crippen molar-refractivity contribution in [1.82, 2.24) is 15.1 Å². The molecule has 0 spiro atoms.